The Hall–Kier alpha value is -0.860. The molecule has 19 heavy (non-hydrogen) atoms. The van der Waals surface area contributed by atoms with Crippen LogP contribution in [0.25, 0.3) is 0 Å². The first-order valence-corrected chi connectivity index (χ1v) is 7.01. The van der Waals surface area contributed by atoms with Crippen LogP contribution in [0.15, 0.2) is 18.2 Å². The molecule has 104 valence electrons. The average Bonchev–Trinajstić information content (AvgIpc) is 2.50. The largest absolute Gasteiger partial charge is 0.369 e. The van der Waals surface area contributed by atoms with Crippen molar-refractivity contribution in [3.8, 4) is 0 Å². The summed E-state index contributed by atoms with van der Waals surface area (Å²) < 4.78 is 6.00. The standard InChI is InChI=1S/C16H21ClO2/c1-10-7-6-8-11(13(10)17)14(18)12-9-15(2,3)19-16(12,4)5/h6-8,12H,9H2,1-5H3. The molecular weight excluding hydrogens is 260 g/mol. The van der Waals surface area contributed by atoms with Gasteiger partial charge in [-0.05, 0) is 52.7 Å². The summed E-state index contributed by atoms with van der Waals surface area (Å²) in [4.78, 5) is 12.8. The highest BCUT2D eigenvalue weighted by atomic mass is 35.5. The van der Waals surface area contributed by atoms with E-state index in [0.29, 0.717) is 10.6 Å². The Morgan fingerprint density at radius 3 is 2.47 bits per heavy atom. The van der Waals surface area contributed by atoms with Gasteiger partial charge in [-0.15, -0.1) is 0 Å². The fraction of sp³-hybridized carbons (Fsp3) is 0.562. The zero-order valence-corrected chi connectivity index (χ0v) is 13.0. The first-order chi connectivity index (χ1) is 8.64. The Morgan fingerprint density at radius 2 is 1.95 bits per heavy atom. The molecule has 0 amide bonds. The van der Waals surface area contributed by atoms with Crippen LogP contribution in [0.4, 0.5) is 0 Å². The van der Waals surface area contributed by atoms with Crippen molar-refractivity contribution >= 4 is 17.4 Å². The molecule has 1 atom stereocenters. The highest BCUT2D eigenvalue weighted by Gasteiger charge is 2.49. The molecule has 1 aliphatic rings. The van der Waals surface area contributed by atoms with Gasteiger partial charge in [0.2, 0.25) is 0 Å². The summed E-state index contributed by atoms with van der Waals surface area (Å²) >= 11 is 6.27. The summed E-state index contributed by atoms with van der Waals surface area (Å²) in [6.07, 6.45) is 0.725. The van der Waals surface area contributed by atoms with Gasteiger partial charge in [0.25, 0.3) is 0 Å². The first-order valence-electron chi connectivity index (χ1n) is 6.63. The third-order valence-electron chi connectivity index (χ3n) is 3.85. The number of carbonyl (C=O) groups excluding carboxylic acids is 1. The number of halogens is 1. The maximum absolute atomic E-state index is 12.8. The lowest BCUT2D eigenvalue weighted by molar-refractivity contribution is -0.0712. The number of ether oxygens (including phenoxy) is 1. The molecule has 1 saturated heterocycles. The third-order valence-corrected chi connectivity index (χ3v) is 4.35. The minimum Gasteiger partial charge on any atom is -0.369 e. The number of benzene rings is 1. The Labute approximate surface area is 120 Å². The van der Waals surface area contributed by atoms with Crippen molar-refractivity contribution in [2.75, 3.05) is 0 Å². The molecule has 0 N–H and O–H groups in total. The van der Waals surface area contributed by atoms with Gasteiger partial charge in [-0.25, -0.2) is 0 Å². The predicted octanol–water partition coefficient (Wildman–Crippen LogP) is 4.42. The number of rotatable bonds is 2. The van der Waals surface area contributed by atoms with Gasteiger partial charge in [0.1, 0.15) is 0 Å². The SMILES string of the molecule is Cc1cccc(C(=O)C2CC(C)(C)OC2(C)C)c1Cl. The van der Waals surface area contributed by atoms with E-state index >= 15 is 0 Å². The van der Waals surface area contributed by atoms with Crippen LogP contribution >= 0.6 is 11.6 Å². The molecule has 0 saturated carbocycles. The summed E-state index contributed by atoms with van der Waals surface area (Å²) in [5.41, 5.74) is 0.831. The number of Topliss-reactive ketones (excluding diaryl/α,β-unsaturated/α-hetero) is 1. The lowest BCUT2D eigenvalue weighted by Crippen LogP contribution is -2.34. The van der Waals surface area contributed by atoms with Crippen molar-refractivity contribution in [3.63, 3.8) is 0 Å². The van der Waals surface area contributed by atoms with Crippen molar-refractivity contribution in [3.05, 3.63) is 34.3 Å². The van der Waals surface area contributed by atoms with Crippen LogP contribution in [-0.2, 0) is 4.74 Å². The maximum Gasteiger partial charge on any atom is 0.170 e. The van der Waals surface area contributed by atoms with Crippen molar-refractivity contribution in [2.45, 2.75) is 52.2 Å². The molecule has 1 fully saturated rings. The van der Waals surface area contributed by atoms with Gasteiger partial charge in [-0.1, -0.05) is 23.7 Å². The van der Waals surface area contributed by atoms with Gasteiger partial charge in [-0.3, -0.25) is 4.79 Å². The molecule has 1 aromatic carbocycles. The minimum absolute atomic E-state index is 0.0873. The summed E-state index contributed by atoms with van der Waals surface area (Å²) in [6, 6.07) is 5.60. The van der Waals surface area contributed by atoms with Crippen molar-refractivity contribution in [2.24, 2.45) is 5.92 Å². The lowest BCUT2D eigenvalue weighted by atomic mass is 9.81. The first kappa shape index (κ1) is 14.5. The van der Waals surface area contributed by atoms with E-state index in [1.165, 1.54) is 0 Å². The molecule has 0 aliphatic carbocycles. The van der Waals surface area contributed by atoms with Gasteiger partial charge in [0.05, 0.1) is 22.1 Å². The van der Waals surface area contributed by atoms with Gasteiger partial charge < -0.3 is 4.74 Å². The van der Waals surface area contributed by atoms with E-state index in [1.54, 1.807) is 6.07 Å². The van der Waals surface area contributed by atoms with Gasteiger partial charge >= 0.3 is 0 Å². The van der Waals surface area contributed by atoms with Gasteiger partial charge in [0, 0.05) is 5.56 Å². The molecule has 1 aromatic rings. The Bertz CT molecular complexity index is 517. The molecule has 0 bridgehead atoms. The van der Waals surface area contributed by atoms with Crippen LogP contribution in [0.1, 0.15) is 50.0 Å². The fourth-order valence-corrected chi connectivity index (χ4v) is 3.22. The molecule has 1 aliphatic heterocycles. The van der Waals surface area contributed by atoms with Crippen LogP contribution in [0.5, 0.6) is 0 Å². The highest BCUT2D eigenvalue weighted by Crippen LogP contribution is 2.44. The molecule has 2 rings (SSSR count). The van der Waals surface area contributed by atoms with Gasteiger partial charge in [-0.2, -0.15) is 0 Å². The summed E-state index contributed by atoms with van der Waals surface area (Å²) in [5, 5.41) is 0.563. The van der Waals surface area contributed by atoms with Crippen LogP contribution in [0, 0.1) is 12.8 Å². The van der Waals surface area contributed by atoms with E-state index in [1.807, 2.05) is 46.8 Å². The zero-order chi connectivity index (χ0) is 14.4. The number of ketones is 1. The smallest absolute Gasteiger partial charge is 0.170 e. The quantitative estimate of drug-likeness (QED) is 0.750. The Balaban J connectivity index is 2.37. The second-order valence-corrected chi connectivity index (χ2v) is 6.90. The van der Waals surface area contributed by atoms with Crippen LogP contribution in [-0.4, -0.2) is 17.0 Å². The molecule has 0 radical (unpaired) electrons. The summed E-state index contributed by atoms with van der Waals surface area (Å²) in [5.74, 6) is -0.0638. The van der Waals surface area contributed by atoms with Crippen LogP contribution in [0.3, 0.4) is 0 Å². The number of carbonyl (C=O) groups is 1. The second-order valence-electron chi connectivity index (χ2n) is 6.52. The Morgan fingerprint density at radius 1 is 1.32 bits per heavy atom. The van der Waals surface area contributed by atoms with Crippen molar-refractivity contribution < 1.29 is 9.53 Å². The predicted molar refractivity (Wildman–Crippen MR) is 77.9 cm³/mol. The maximum atomic E-state index is 12.8. The highest BCUT2D eigenvalue weighted by molar-refractivity contribution is 6.34. The van der Waals surface area contributed by atoms with Crippen LogP contribution < -0.4 is 0 Å². The third kappa shape index (κ3) is 2.70. The molecule has 1 unspecified atom stereocenters. The fourth-order valence-electron chi connectivity index (χ4n) is 3.00. The minimum atomic E-state index is -0.451. The average molecular weight is 281 g/mol. The molecule has 0 aromatic heterocycles. The van der Waals surface area contributed by atoms with E-state index in [9.17, 15) is 4.79 Å². The van der Waals surface area contributed by atoms with Gasteiger partial charge in [0.15, 0.2) is 5.78 Å². The van der Waals surface area contributed by atoms with E-state index < -0.39 is 5.60 Å². The molecule has 3 heteroatoms. The number of hydrogen-bond donors (Lipinski definition) is 0. The summed E-state index contributed by atoms with van der Waals surface area (Å²) in [7, 11) is 0. The lowest BCUT2D eigenvalue weighted by Gasteiger charge is -2.26. The normalized spacial score (nSPS) is 24.4. The van der Waals surface area contributed by atoms with Crippen molar-refractivity contribution in [1.82, 2.24) is 0 Å². The molecule has 2 nitrogen and oxygen atoms in total. The zero-order valence-electron chi connectivity index (χ0n) is 12.2. The van der Waals surface area contributed by atoms with Crippen LogP contribution in [0.2, 0.25) is 5.02 Å². The monoisotopic (exact) mass is 280 g/mol. The van der Waals surface area contributed by atoms with E-state index in [-0.39, 0.29) is 17.3 Å². The Kier molecular flexibility index (Phi) is 3.53. The summed E-state index contributed by atoms with van der Waals surface area (Å²) in [6.45, 7) is 9.93. The van der Waals surface area contributed by atoms with E-state index in [2.05, 4.69) is 0 Å². The number of hydrogen-bond acceptors (Lipinski definition) is 2. The number of aryl methyl sites for hydroxylation is 1. The van der Waals surface area contributed by atoms with E-state index in [4.69, 9.17) is 16.3 Å². The molecule has 0 spiro atoms. The molecular formula is C16H21ClO2. The van der Waals surface area contributed by atoms with E-state index in [0.717, 1.165) is 12.0 Å². The molecule has 1 heterocycles. The topological polar surface area (TPSA) is 26.3 Å². The van der Waals surface area contributed by atoms with Crippen molar-refractivity contribution in [1.29, 1.82) is 0 Å². The second kappa shape index (κ2) is 4.60.